The second kappa shape index (κ2) is 7.43. The van der Waals surface area contributed by atoms with Crippen LogP contribution in [0, 0.1) is 6.92 Å². The molecule has 80 valence electrons. The van der Waals surface area contributed by atoms with E-state index in [0.717, 1.165) is 6.42 Å². The summed E-state index contributed by atoms with van der Waals surface area (Å²) < 4.78 is 0. The molecule has 1 heteroatoms. The minimum absolute atomic E-state index is 1.10. The van der Waals surface area contributed by atoms with Gasteiger partial charge in [-0.2, -0.15) is 0 Å². The van der Waals surface area contributed by atoms with E-state index < -0.39 is 0 Å². The first-order chi connectivity index (χ1) is 6.69. The molecule has 0 saturated carbocycles. The maximum absolute atomic E-state index is 3.17. The van der Waals surface area contributed by atoms with Gasteiger partial charge in [0.05, 0.1) is 0 Å². The second-order valence-corrected chi connectivity index (χ2v) is 3.47. The number of anilines is 1. The molecule has 0 aromatic heterocycles. The predicted octanol–water partition coefficient (Wildman–Crippen LogP) is 4.02. The average Bonchev–Trinajstić information content (AvgIpc) is 2.19. The van der Waals surface area contributed by atoms with Crippen LogP contribution in [0.3, 0.4) is 0 Å². The van der Waals surface area contributed by atoms with Gasteiger partial charge in [-0.3, -0.25) is 0 Å². The van der Waals surface area contributed by atoms with E-state index in [4.69, 9.17) is 0 Å². The van der Waals surface area contributed by atoms with Gasteiger partial charge in [-0.05, 0) is 25.0 Å². The van der Waals surface area contributed by atoms with E-state index >= 15 is 0 Å². The third kappa shape index (κ3) is 4.31. The fraction of sp³-hybridized carbons (Fsp3) is 0.538. The molecule has 1 N–H and O–H groups in total. The van der Waals surface area contributed by atoms with E-state index in [1.54, 1.807) is 0 Å². The summed E-state index contributed by atoms with van der Waals surface area (Å²) >= 11 is 0. The van der Waals surface area contributed by atoms with Crippen LogP contribution in [0.15, 0.2) is 18.2 Å². The minimum Gasteiger partial charge on any atom is -0.388 e. The number of aryl methyl sites for hydroxylation is 2. The zero-order valence-corrected chi connectivity index (χ0v) is 10.1. The Morgan fingerprint density at radius 1 is 1.14 bits per heavy atom. The van der Waals surface area contributed by atoms with Gasteiger partial charge < -0.3 is 5.32 Å². The van der Waals surface area contributed by atoms with Gasteiger partial charge in [0.15, 0.2) is 0 Å². The Kier molecular flexibility index (Phi) is 6.91. The molecule has 1 rings (SSSR count). The summed E-state index contributed by atoms with van der Waals surface area (Å²) in [5, 5.41) is 3.17. The summed E-state index contributed by atoms with van der Waals surface area (Å²) in [5.41, 5.74) is 3.98. The molecule has 1 aromatic carbocycles. The van der Waals surface area contributed by atoms with Crippen LogP contribution in [0.5, 0.6) is 0 Å². The molecule has 0 fully saturated rings. The Balaban J connectivity index is 0.000000500. The molecule has 0 amide bonds. The Bertz CT molecular complexity index is 253. The summed E-state index contributed by atoms with van der Waals surface area (Å²) in [7, 11) is 1.96. The highest BCUT2D eigenvalue weighted by Gasteiger charge is 1.96. The van der Waals surface area contributed by atoms with E-state index in [1.807, 2.05) is 7.05 Å². The van der Waals surface area contributed by atoms with Gasteiger partial charge in [0, 0.05) is 12.7 Å². The molecule has 0 aliphatic rings. The summed E-state index contributed by atoms with van der Waals surface area (Å²) in [4.78, 5) is 0. The highest BCUT2D eigenvalue weighted by atomic mass is 14.8. The normalized spacial score (nSPS) is 8.93. The lowest BCUT2D eigenvalue weighted by molar-refractivity contribution is 1.09. The fourth-order valence-corrected chi connectivity index (χ4v) is 1.26. The van der Waals surface area contributed by atoms with Gasteiger partial charge in [-0.1, -0.05) is 44.9 Å². The molecule has 0 bridgehead atoms. The molecule has 0 spiro atoms. The van der Waals surface area contributed by atoms with E-state index in [-0.39, 0.29) is 0 Å². The van der Waals surface area contributed by atoms with Gasteiger partial charge in [0.1, 0.15) is 0 Å². The van der Waals surface area contributed by atoms with Gasteiger partial charge in [-0.15, -0.1) is 0 Å². The first-order valence-corrected chi connectivity index (χ1v) is 5.46. The number of nitrogens with one attached hydrogen (secondary N) is 1. The second-order valence-electron chi connectivity index (χ2n) is 3.47. The van der Waals surface area contributed by atoms with Crippen molar-refractivity contribution < 1.29 is 0 Å². The van der Waals surface area contributed by atoms with Crippen molar-refractivity contribution in [2.75, 3.05) is 12.4 Å². The molecule has 14 heavy (non-hydrogen) atoms. The highest BCUT2D eigenvalue weighted by molar-refractivity contribution is 5.52. The molecule has 0 aliphatic carbocycles. The zero-order chi connectivity index (χ0) is 11.0. The monoisotopic (exact) mass is 193 g/mol. The average molecular weight is 193 g/mol. The largest absolute Gasteiger partial charge is 0.388 e. The molecule has 0 unspecified atom stereocenters. The Morgan fingerprint density at radius 3 is 2.14 bits per heavy atom. The maximum atomic E-state index is 3.17. The standard InChI is InChI=1S/C10H15N.C3H8/c1-4-9-7-8(2)5-6-10(9)11-3;1-3-2/h5-7,11H,4H2,1-3H3;3H2,1-2H3. The van der Waals surface area contributed by atoms with Gasteiger partial charge in [0.25, 0.3) is 0 Å². The third-order valence-electron chi connectivity index (χ3n) is 1.91. The Hall–Kier alpha value is -0.980. The zero-order valence-electron chi connectivity index (χ0n) is 10.1. The van der Waals surface area contributed by atoms with Crippen LogP contribution in [0.4, 0.5) is 5.69 Å². The lowest BCUT2D eigenvalue weighted by Crippen LogP contribution is -1.94. The molecule has 0 radical (unpaired) electrons. The van der Waals surface area contributed by atoms with Crippen molar-refractivity contribution in [1.29, 1.82) is 0 Å². The first kappa shape index (κ1) is 13.0. The van der Waals surface area contributed by atoms with Gasteiger partial charge in [0.2, 0.25) is 0 Å². The summed E-state index contributed by atoms with van der Waals surface area (Å²) in [5.74, 6) is 0. The molecule has 0 atom stereocenters. The van der Waals surface area contributed by atoms with Gasteiger partial charge in [-0.25, -0.2) is 0 Å². The first-order valence-electron chi connectivity index (χ1n) is 5.46. The van der Waals surface area contributed by atoms with Crippen molar-refractivity contribution in [1.82, 2.24) is 0 Å². The molecule has 0 heterocycles. The lowest BCUT2D eigenvalue weighted by Gasteiger charge is -2.07. The topological polar surface area (TPSA) is 12.0 Å². The van der Waals surface area contributed by atoms with Crippen LogP contribution in [-0.4, -0.2) is 7.05 Å². The Morgan fingerprint density at radius 2 is 1.71 bits per heavy atom. The SMILES string of the molecule is CCC.CCc1cc(C)ccc1NC. The molecule has 1 nitrogen and oxygen atoms in total. The van der Waals surface area contributed by atoms with E-state index in [1.165, 1.54) is 23.2 Å². The van der Waals surface area contributed by atoms with Crippen molar-refractivity contribution in [2.24, 2.45) is 0 Å². The summed E-state index contributed by atoms with van der Waals surface area (Å²) in [6.45, 7) is 8.55. The van der Waals surface area contributed by atoms with E-state index in [0.29, 0.717) is 0 Å². The predicted molar refractivity (Wildman–Crippen MR) is 66.1 cm³/mol. The van der Waals surface area contributed by atoms with Crippen LogP contribution in [-0.2, 0) is 6.42 Å². The van der Waals surface area contributed by atoms with Crippen LogP contribution in [0.1, 0.15) is 38.3 Å². The molecule has 0 aliphatic heterocycles. The number of rotatable bonds is 2. The Labute approximate surface area is 88.5 Å². The summed E-state index contributed by atoms with van der Waals surface area (Å²) in [6, 6.07) is 6.49. The highest BCUT2D eigenvalue weighted by Crippen LogP contribution is 2.16. The molecule has 1 aromatic rings. The van der Waals surface area contributed by atoms with Crippen LogP contribution >= 0.6 is 0 Å². The van der Waals surface area contributed by atoms with Crippen LogP contribution in [0.2, 0.25) is 0 Å². The number of hydrogen-bond acceptors (Lipinski definition) is 1. The van der Waals surface area contributed by atoms with Crippen molar-refractivity contribution in [2.45, 2.75) is 40.5 Å². The van der Waals surface area contributed by atoms with E-state index in [2.05, 4.69) is 51.2 Å². The number of benzene rings is 1. The summed E-state index contributed by atoms with van der Waals surface area (Å²) in [6.07, 6.45) is 2.35. The van der Waals surface area contributed by atoms with E-state index in [9.17, 15) is 0 Å². The molecular formula is C13H23N. The van der Waals surface area contributed by atoms with Crippen molar-refractivity contribution >= 4 is 5.69 Å². The lowest BCUT2D eigenvalue weighted by atomic mass is 10.1. The maximum Gasteiger partial charge on any atom is 0.0370 e. The van der Waals surface area contributed by atoms with Crippen molar-refractivity contribution in [3.05, 3.63) is 29.3 Å². The number of hydrogen-bond donors (Lipinski definition) is 1. The third-order valence-corrected chi connectivity index (χ3v) is 1.91. The van der Waals surface area contributed by atoms with Crippen molar-refractivity contribution in [3.8, 4) is 0 Å². The smallest absolute Gasteiger partial charge is 0.0370 e. The van der Waals surface area contributed by atoms with Gasteiger partial charge >= 0.3 is 0 Å². The van der Waals surface area contributed by atoms with Crippen LogP contribution in [0.25, 0.3) is 0 Å². The van der Waals surface area contributed by atoms with Crippen molar-refractivity contribution in [3.63, 3.8) is 0 Å². The minimum atomic E-state index is 1.10. The fourth-order valence-electron chi connectivity index (χ4n) is 1.26. The quantitative estimate of drug-likeness (QED) is 0.748. The molecule has 0 saturated heterocycles. The molecular weight excluding hydrogens is 170 g/mol. The van der Waals surface area contributed by atoms with Crippen LogP contribution < -0.4 is 5.32 Å².